The lowest BCUT2D eigenvalue weighted by Crippen LogP contribution is -1.91. The second-order valence-electron chi connectivity index (χ2n) is 3.81. The predicted molar refractivity (Wildman–Crippen MR) is 67.0 cm³/mol. The molecule has 0 saturated carbocycles. The van der Waals surface area contributed by atoms with E-state index in [4.69, 9.17) is 11.6 Å². The van der Waals surface area contributed by atoms with Crippen LogP contribution in [0.25, 0.3) is 11.1 Å². The average Bonchev–Trinajstić information content (AvgIpc) is 2.30. The minimum absolute atomic E-state index is 0.343. The minimum Gasteiger partial charge on any atom is -0.298 e. The Morgan fingerprint density at radius 1 is 1.12 bits per heavy atom. The van der Waals surface area contributed by atoms with Crippen molar-refractivity contribution in [3.8, 4) is 11.1 Å². The van der Waals surface area contributed by atoms with Gasteiger partial charge in [-0.1, -0.05) is 23.7 Å². The van der Waals surface area contributed by atoms with Crippen LogP contribution in [0, 0.1) is 12.7 Å². The summed E-state index contributed by atoms with van der Waals surface area (Å²) in [6.07, 6.45) is 0.659. The number of carbonyl (C=O) groups excluding carboxylic acids is 1. The Labute approximate surface area is 104 Å². The summed E-state index contributed by atoms with van der Waals surface area (Å²) in [5.74, 6) is -0.414. The normalized spacial score (nSPS) is 10.3. The molecule has 0 radical (unpaired) electrons. The highest BCUT2D eigenvalue weighted by atomic mass is 35.5. The first-order valence-corrected chi connectivity index (χ1v) is 5.51. The monoisotopic (exact) mass is 248 g/mol. The number of rotatable bonds is 2. The van der Waals surface area contributed by atoms with Gasteiger partial charge in [0.15, 0.2) is 6.29 Å². The number of aldehydes is 1. The van der Waals surface area contributed by atoms with E-state index in [9.17, 15) is 9.18 Å². The van der Waals surface area contributed by atoms with E-state index in [1.165, 1.54) is 12.1 Å². The Morgan fingerprint density at radius 2 is 1.82 bits per heavy atom. The van der Waals surface area contributed by atoms with E-state index in [-0.39, 0.29) is 0 Å². The first kappa shape index (κ1) is 11.8. The highest BCUT2D eigenvalue weighted by Gasteiger charge is 2.08. The van der Waals surface area contributed by atoms with Crippen molar-refractivity contribution in [2.45, 2.75) is 6.92 Å². The Balaban J connectivity index is 2.63. The molecule has 1 nitrogen and oxygen atoms in total. The molecule has 0 aliphatic rings. The summed E-state index contributed by atoms with van der Waals surface area (Å²) in [5, 5.41) is 0.640. The van der Waals surface area contributed by atoms with Gasteiger partial charge >= 0.3 is 0 Å². The standard InChI is InChI=1S/C14H10ClFO/c1-9-6-11(15)2-4-13(9)14-5-3-12(16)7-10(14)8-17/h2-8H,1H3. The Kier molecular flexibility index (Phi) is 3.25. The summed E-state index contributed by atoms with van der Waals surface area (Å²) in [7, 11) is 0. The molecule has 17 heavy (non-hydrogen) atoms. The van der Waals surface area contributed by atoms with E-state index < -0.39 is 5.82 Å². The third-order valence-corrected chi connectivity index (χ3v) is 2.85. The minimum atomic E-state index is -0.414. The maximum Gasteiger partial charge on any atom is 0.150 e. The van der Waals surface area contributed by atoms with E-state index in [2.05, 4.69) is 0 Å². The van der Waals surface area contributed by atoms with Gasteiger partial charge in [-0.15, -0.1) is 0 Å². The van der Waals surface area contributed by atoms with Crippen LogP contribution in [0.2, 0.25) is 5.02 Å². The van der Waals surface area contributed by atoms with Crippen LogP contribution in [-0.2, 0) is 0 Å². The van der Waals surface area contributed by atoms with E-state index in [1.54, 1.807) is 12.1 Å². The molecule has 0 aliphatic carbocycles. The zero-order chi connectivity index (χ0) is 12.4. The molecular weight excluding hydrogens is 239 g/mol. The van der Waals surface area contributed by atoms with Gasteiger partial charge in [0.1, 0.15) is 5.82 Å². The van der Waals surface area contributed by atoms with Crippen LogP contribution < -0.4 is 0 Å². The van der Waals surface area contributed by atoms with Crippen molar-refractivity contribution in [2.24, 2.45) is 0 Å². The van der Waals surface area contributed by atoms with Gasteiger partial charge in [0.2, 0.25) is 0 Å². The molecule has 0 aromatic heterocycles. The van der Waals surface area contributed by atoms with Gasteiger partial charge in [-0.2, -0.15) is 0 Å². The van der Waals surface area contributed by atoms with Gasteiger partial charge in [-0.25, -0.2) is 4.39 Å². The molecule has 0 heterocycles. The van der Waals surface area contributed by atoms with Gasteiger partial charge < -0.3 is 0 Å². The van der Waals surface area contributed by atoms with E-state index >= 15 is 0 Å². The Bertz CT molecular complexity index is 578. The molecule has 2 rings (SSSR count). The molecule has 0 spiro atoms. The number of aryl methyl sites for hydroxylation is 1. The maximum absolute atomic E-state index is 13.0. The van der Waals surface area contributed by atoms with Gasteiger partial charge in [0.25, 0.3) is 0 Å². The molecule has 0 bridgehead atoms. The SMILES string of the molecule is Cc1cc(Cl)ccc1-c1ccc(F)cc1C=O. The molecule has 2 aromatic carbocycles. The highest BCUT2D eigenvalue weighted by Crippen LogP contribution is 2.28. The van der Waals surface area contributed by atoms with Crippen LogP contribution in [0.1, 0.15) is 15.9 Å². The number of hydrogen-bond donors (Lipinski definition) is 0. The molecule has 0 N–H and O–H groups in total. The lowest BCUT2D eigenvalue weighted by atomic mass is 9.96. The topological polar surface area (TPSA) is 17.1 Å². The number of halogens is 2. The lowest BCUT2D eigenvalue weighted by Gasteiger charge is -2.09. The van der Waals surface area contributed by atoms with Gasteiger partial charge in [0.05, 0.1) is 0 Å². The van der Waals surface area contributed by atoms with Crippen LogP contribution in [0.4, 0.5) is 4.39 Å². The van der Waals surface area contributed by atoms with Crippen molar-refractivity contribution < 1.29 is 9.18 Å². The summed E-state index contributed by atoms with van der Waals surface area (Å²) in [4.78, 5) is 10.9. The van der Waals surface area contributed by atoms with Crippen LogP contribution in [0.3, 0.4) is 0 Å². The zero-order valence-corrected chi connectivity index (χ0v) is 9.96. The van der Waals surface area contributed by atoms with Crippen molar-refractivity contribution in [3.05, 3.63) is 58.4 Å². The molecule has 0 aliphatic heterocycles. The summed E-state index contributed by atoms with van der Waals surface area (Å²) in [6, 6.07) is 9.58. The molecule has 3 heteroatoms. The molecule has 0 fully saturated rings. The molecular formula is C14H10ClFO. The van der Waals surface area contributed by atoms with Crippen LogP contribution in [-0.4, -0.2) is 6.29 Å². The quantitative estimate of drug-likeness (QED) is 0.726. The smallest absolute Gasteiger partial charge is 0.150 e. The van der Waals surface area contributed by atoms with Crippen molar-refractivity contribution in [2.75, 3.05) is 0 Å². The molecule has 0 saturated heterocycles. The van der Waals surface area contributed by atoms with Crippen LogP contribution in [0.5, 0.6) is 0 Å². The van der Waals surface area contributed by atoms with Crippen molar-refractivity contribution in [1.82, 2.24) is 0 Å². The fourth-order valence-corrected chi connectivity index (χ4v) is 2.03. The summed E-state index contributed by atoms with van der Waals surface area (Å²) in [6.45, 7) is 1.90. The maximum atomic E-state index is 13.0. The van der Waals surface area contributed by atoms with E-state index in [1.807, 2.05) is 19.1 Å². The Morgan fingerprint density at radius 3 is 2.47 bits per heavy atom. The fraction of sp³-hybridized carbons (Fsp3) is 0.0714. The molecule has 2 aromatic rings. The van der Waals surface area contributed by atoms with Crippen LogP contribution >= 0.6 is 11.6 Å². The third-order valence-electron chi connectivity index (χ3n) is 2.62. The fourth-order valence-electron chi connectivity index (χ4n) is 1.81. The second kappa shape index (κ2) is 4.68. The predicted octanol–water partition coefficient (Wildman–Crippen LogP) is 4.27. The second-order valence-corrected chi connectivity index (χ2v) is 4.25. The molecule has 0 atom stereocenters. The number of carbonyl (C=O) groups is 1. The highest BCUT2D eigenvalue weighted by molar-refractivity contribution is 6.30. The summed E-state index contributed by atoms with van der Waals surface area (Å²) >= 11 is 5.87. The van der Waals surface area contributed by atoms with Gasteiger partial charge in [-0.05, 0) is 47.9 Å². The lowest BCUT2D eigenvalue weighted by molar-refractivity contribution is 0.112. The number of hydrogen-bond acceptors (Lipinski definition) is 1. The van der Waals surface area contributed by atoms with Gasteiger partial charge in [-0.3, -0.25) is 4.79 Å². The van der Waals surface area contributed by atoms with Crippen molar-refractivity contribution >= 4 is 17.9 Å². The Hall–Kier alpha value is -1.67. The van der Waals surface area contributed by atoms with Crippen molar-refractivity contribution in [3.63, 3.8) is 0 Å². The van der Waals surface area contributed by atoms with Gasteiger partial charge in [0, 0.05) is 10.6 Å². The number of benzene rings is 2. The van der Waals surface area contributed by atoms with Crippen molar-refractivity contribution in [1.29, 1.82) is 0 Å². The summed E-state index contributed by atoms with van der Waals surface area (Å²) in [5.41, 5.74) is 2.90. The zero-order valence-electron chi connectivity index (χ0n) is 9.21. The molecule has 0 unspecified atom stereocenters. The van der Waals surface area contributed by atoms with E-state index in [0.29, 0.717) is 16.9 Å². The molecule has 0 amide bonds. The average molecular weight is 249 g/mol. The first-order chi connectivity index (χ1) is 8.11. The summed E-state index contributed by atoms with van der Waals surface area (Å²) < 4.78 is 13.0. The molecule has 86 valence electrons. The third kappa shape index (κ3) is 2.37. The van der Waals surface area contributed by atoms with E-state index in [0.717, 1.165) is 16.7 Å². The largest absolute Gasteiger partial charge is 0.298 e. The van der Waals surface area contributed by atoms with Crippen LogP contribution in [0.15, 0.2) is 36.4 Å². The first-order valence-electron chi connectivity index (χ1n) is 5.13.